The summed E-state index contributed by atoms with van der Waals surface area (Å²) >= 11 is 0. The molecule has 0 fully saturated rings. The molecule has 1 aromatic heterocycles. The quantitative estimate of drug-likeness (QED) is 0.813. The number of anilines is 1. The number of benzene rings is 1. The molecular weight excluding hydrogens is 276 g/mol. The molecule has 1 heterocycles. The van der Waals surface area contributed by atoms with Crippen LogP contribution in [0.4, 0.5) is 10.5 Å². The predicted octanol–water partition coefficient (Wildman–Crippen LogP) is 3.83. The van der Waals surface area contributed by atoms with Crippen molar-refractivity contribution >= 4 is 11.8 Å². The molecule has 0 saturated carbocycles. The summed E-state index contributed by atoms with van der Waals surface area (Å²) in [6.45, 7) is 5.44. The number of amides is 1. The third kappa shape index (κ3) is 5.29. The highest BCUT2D eigenvalue weighted by atomic mass is 16.6. The summed E-state index contributed by atoms with van der Waals surface area (Å²) in [4.78, 5) is 15.8. The number of pyridine rings is 1. The maximum absolute atomic E-state index is 11.6. The Morgan fingerprint density at radius 1 is 1.09 bits per heavy atom. The zero-order chi connectivity index (χ0) is 16.0. The number of aromatic nitrogens is 1. The number of rotatable bonds is 1. The van der Waals surface area contributed by atoms with E-state index in [1.54, 1.807) is 18.3 Å². The number of carbonyl (C=O) groups is 1. The molecule has 0 aliphatic carbocycles. The van der Waals surface area contributed by atoms with Crippen LogP contribution in [0.3, 0.4) is 0 Å². The van der Waals surface area contributed by atoms with Gasteiger partial charge in [-0.15, -0.1) is 0 Å². The Balaban J connectivity index is 1.99. The van der Waals surface area contributed by atoms with Crippen LogP contribution in [0.1, 0.15) is 32.0 Å². The van der Waals surface area contributed by atoms with Gasteiger partial charge in [0.1, 0.15) is 11.3 Å². The molecule has 22 heavy (non-hydrogen) atoms. The van der Waals surface area contributed by atoms with Crippen LogP contribution in [0.2, 0.25) is 0 Å². The highest BCUT2D eigenvalue weighted by Gasteiger charge is 2.16. The number of nitrogens with zero attached hydrogens (tertiary/aromatic N) is 1. The molecule has 0 saturated heterocycles. The van der Waals surface area contributed by atoms with Gasteiger partial charge in [0, 0.05) is 5.56 Å². The van der Waals surface area contributed by atoms with Crippen LogP contribution >= 0.6 is 0 Å². The van der Waals surface area contributed by atoms with Gasteiger partial charge in [0.15, 0.2) is 0 Å². The third-order valence-corrected chi connectivity index (χ3v) is 2.52. The number of hydrogen-bond donors (Lipinski definition) is 1. The van der Waals surface area contributed by atoms with Gasteiger partial charge in [-0.05, 0) is 51.0 Å². The van der Waals surface area contributed by atoms with Crippen LogP contribution in [0.5, 0.6) is 0 Å². The Bertz CT molecular complexity index is 690. The predicted molar refractivity (Wildman–Crippen MR) is 86.5 cm³/mol. The fraction of sp³-hybridized carbons (Fsp3) is 0.222. The van der Waals surface area contributed by atoms with Crippen molar-refractivity contribution in [3.8, 4) is 11.8 Å². The molecular formula is C18H18N2O2. The molecule has 0 aliphatic heterocycles. The molecule has 0 atom stereocenters. The van der Waals surface area contributed by atoms with E-state index in [1.807, 2.05) is 51.1 Å². The SMILES string of the molecule is CC(C)(C)OC(=O)Nc1ccc(C#Cc2ccccc2)nc1. The van der Waals surface area contributed by atoms with Crippen molar-refractivity contribution in [1.82, 2.24) is 4.98 Å². The van der Waals surface area contributed by atoms with E-state index < -0.39 is 11.7 Å². The molecule has 4 heteroatoms. The lowest BCUT2D eigenvalue weighted by molar-refractivity contribution is 0.0636. The Kier molecular flexibility index (Phi) is 4.80. The molecule has 4 nitrogen and oxygen atoms in total. The van der Waals surface area contributed by atoms with E-state index >= 15 is 0 Å². The van der Waals surface area contributed by atoms with Crippen molar-refractivity contribution in [1.29, 1.82) is 0 Å². The molecule has 0 unspecified atom stereocenters. The van der Waals surface area contributed by atoms with E-state index in [-0.39, 0.29) is 0 Å². The second-order valence-electron chi connectivity index (χ2n) is 5.68. The minimum atomic E-state index is -0.529. The molecule has 2 aromatic rings. The van der Waals surface area contributed by atoms with Gasteiger partial charge in [0.2, 0.25) is 0 Å². The molecule has 0 aliphatic rings. The summed E-state index contributed by atoms with van der Waals surface area (Å²) < 4.78 is 5.17. The van der Waals surface area contributed by atoms with E-state index in [1.165, 1.54) is 0 Å². The number of nitrogens with one attached hydrogen (secondary N) is 1. The molecule has 1 aromatic carbocycles. The normalized spacial score (nSPS) is 10.3. The van der Waals surface area contributed by atoms with Crippen molar-refractivity contribution in [2.24, 2.45) is 0 Å². The van der Waals surface area contributed by atoms with E-state index in [2.05, 4.69) is 22.1 Å². The summed E-state index contributed by atoms with van der Waals surface area (Å²) in [5, 5.41) is 2.63. The lowest BCUT2D eigenvalue weighted by atomic mass is 10.2. The van der Waals surface area contributed by atoms with Crippen molar-refractivity contribution < 1.29 is 9.53 Å². The van der Waals surface area contributed by atoms with Gasteiger partial charge in [0.25, 0.3) is 0 Å². The fourth-order valence-electron chi connectivity index (χ4n) is 1.62. The van der Waals surface area contributed by atoms with Crippen LogP contribution in [0.15, 0.2) is 48.7 Å². The van der Waals surface area contributed by atoms with E-state index in [0.29, 0.717) is 11.4 Å². The molecule has 1 N–H and O–H groups in total. The Morgan fingerprint density at radius 3 is 2.41 bits per heavy atom. The highest BCUT2D eigenvalue weighted by molar-refractivity contribution is 5.84. The minimum absolute atomic E-state index is 0.502. The fourth-order valence-corrected chi connectivity index (χ4v) is 1.62. The van der Waals surface area contributed by atoms with Gasteiger partial charge in [-0.1, -0.05) is 24.1 Å². The number of carbonyl (C=O) groups excluding carboxylic acids is 1. The van der Waals surface area contributed by atoms with Crippen molar-refractivity contribution in [2.45, 2.75) is 26.4 Å². The van der Waals surface area contributed by atoms with Crippen molar-refractivity contribution in [3.05, 3.63) is 59.9 Å². The second-order valence-corrected chi connectivity index (χ2v) is 5.68. The van der Waals surface area contributed by atoms with Crippen LogP contribution in [0, 0.1) is 11.8 Å². The first-order chi connectivity index (χ1) is 10.4. The van der Waals surface area contributed by atoms with Gasteiger partial charge in [0.05, 0.1) is 11.9 Å². The Labute approximate surface area is 130 Å². The average molecular weight is 294 g/mol. The standard InChI is InChI=1S/C18H18N2O2/c1-18(2,3)22-17(21)20-16-12-11-15(19-13-16)10-9-14-7-5-4-6-8-14/h4-8,11-13H,1-3H3,(H,20,21). The first-order valence-corrected chi connectivity index (χ1v) is 6.95. The number of hydrogen-bond acceptors (Lipinski definition) is 3. The second kappa shape index (κ2) is 6.77. The maximum atomic E-state index is 11.6. The van der Waals surface area contributed by atoms with E-state index in [4.69, 9.17) is 4.74 Å². The van der Waals surface area contributed by atoms with Crippen LogP contribution in [-0.4, -0.2) is 16.7 Å². The van der Waals surface area contributed by atoms with Crippen LogP contribution in [-0.2, 0) is 4.74 Å². The zero-order valence-electron chi connectivity index (χ0n) is 12.9. The molecule has 2 rings (SSSR count). The molecule has 0 spiro atoms. The van der Waals surface area contributed by atoms with Crippen molar-refractivity contribution in [2.75, 3.05) is 5.32 Å². The minimum Gasteiger partial charge on any atom is -0.444 e. The van der Waals surface area contributed by atoms with E-state index in [0.717, 1.165) is 5.56 Å². The van der Waals surface area contributed by atoms with Crippen LogP contribution < -0.4 is 5.32 Å². The number of ether oxygens (including phenoxy) is 1. The molecule has 0 bridgehead atoms. The lowest BCUT2D eigenvalue weighted by Gasteiger charge is -2.19. The Morgan fingerprint density at radius 2 is 1.82 bits per heavy atom. The first kappa shape index (κ1) is 15.6. The summed E-state index contributed by atoms with van der Waals surface area (Å²) in [7, 11) is 0. The zero-order valence-corrected chi connectivity index (χ0v) is 12.9. The molecule has 112 valence electrons. The smallest absolute Gasteiger partial charge is 0.412 e. The maximum Gasteiger partial charge on any atom is 0.412 e. The van der Waals surface area contributed by atoms with Crippen LogP contribution in [0.25, 0.3) is 0 Å². The first-order valence-electron chi connectivity index (χ1n) is 6.95. The molecule has 0 radical (unpaired) electrons. The average Bonchev–Trinajstić information content (AvgIpc) is 2.45. The van der Waals surface area contributed by atoms with Crippen molar-refractivity contribution in [3.63, 3.8) is 0 Å². The van der Waals surface area contributed by atoms with Gasteiger partial charge in [-0.2, -0.15) is 0 Å². The largest absolute Gasteiger partial charge is 0.444 e. The van der Waals surface area contributed by atoms with Gasteiger partial charge < -0.3 is 4.74 Å². The summed E-state index contributed by atoms with van der Waals surface area (Å²) in [6.07, 6.45) is 1.05. The van der Waals surface area contributed by atoms with Gasteiger partial charge >= 0.3 is 6.09 Å². The summed E-state index contributed by atoms with van der Waals surface area (Å²) in [5.74, 6) is 6.00. The summed E-state index contributed by atoms with van der Waals surface area (Å²) in [5.41, 5.74) is 1.61. The molecule has 1 amide bonds. The van der Waals surface area contributed by atoms with Gasteiger partial charge in [-0.3, -0.25) is 5.32 Å². The lowest BCUT2D eigenvalue weighted by Crippen LogP contribution is -2.27. The van der Waals surface area contributed by atoms with E-state index in [9.17, 15) is 4.79 Å². The summed E-state index contributed by atoms with van der Waals surface area (Å²) in [6, 6.07) is 13.2. The highest BCUT2D eigenvalue weighted by Crippen LogP contribution is 2.11. The Hall–Kier alpha value is -2.80. The third-order valence-electron chi connectivity index (χ3n) is 2.52. The topological polar surface area (TPSA) is 51.2 Å². The monoisotopic (exact) mass is 294 g/mol. The van der Waals surface area contributed by atoms with Gasteiger partial charge in [-0.25, -0.2) is 9.78 Å².